The third-order valence-corrected chi connectivity index (χ3v) is 6.17. The summed E-state index contributed by atoms with van der Waals surface area (Å²) in [6.45, 7) is 1.73. The summed E-state index contributed by atoms with van der Waals surface area (Å²) in [7, 11) is -2.35. The van der Waals surface area contributed by atoms with Gasteiger partial charge in [-0.1, -0.05) is 16.8 Å². The van der Waals surface area contributed by atoms with E-state index in [1.54, 1.807) is 31.2 Å². The molecule has 1 N–H and O–H groups in total. The second-order valence-corrected chi connectivity index (χ2v) is 8.20. The van der Waals surface area contributed by atoms with Gasteiger partial charge in [-0.25, -0.2) is 8.42 Å². The van der Waals surface area contributed by atoms with Gasteiger partial charge in [0.15, 0.2) is 5.76 Å². The molecule has 0 saturated heterocycles. The van der Waals surface area contributed by atoms with Gasteiger partial charge < -0.3 is 9.26 Å². The second kappa shape index (κ2) is 6.46. The first-order chi connectivity index (χ1) is 11.4. The first-order valence-electron chi connectivity index (χ1n) is 6.78. The average Bonchev–Trinajstić information content (AvgIpc) is 3.16. The van der Waals surface area contributed by atoms with Gasteiger partial charge in [0.2, 0.25) is 0 Å². The van der Waals surface area contributed by atoms with Gasteiger partial charge in [0.1, 0.15) is 10.6 Å². The molecule has 0 fully saturated rings. The summed E-state index contributed by atoms with van der Waals surface area (Å²) in [5, 5.41) is 4.04. The zero-order valence-electron chi connectivity index (χ0n) is 12.7. The van der Waals surface area contributed by atoms with Crippen molar-refractivity contribution in [1.29, 1.82) is 0 Å². The van der Waals surface area contributed by atoms with E-state index in [9.17, 15) is 8.42 Å². The molecule has 0 spiro atoms. The maximum Gasteiger partial charge on any atom is 0.263 e. The Bertz CT molecular complexity index is 966. The molecule has 0 saturated carbocycles. The lowest BCUT2D eigenvalue weighted by atomic mass is 10.3. The molecule has 0 unspecified atom stereocenters. The number of benzene rings is 1. The van der Waals surface area contributed by atoms with Crippen LogP contribution in [0.3, 0.4) is 0 Å². The van der Waals surface area contributed by atoms with Crippen LogP contribution in [-0.2, 0) is 10.0 Å². The summed E-state index contributed by atoms with van der Waals surface area (Å²) in [5.74, 6) is 0.899. The first kappa shape index (κ1) is 16.8. The molecular formula is C15H13ClN2O4S2. The Morgan fingerprint density at radius 1 is 1.29 bits per heavy atom. The summed E-state index contributed by atoms with van der Waals surface area (Å²) in [6.07, 6.45) is 1.51. The maximum absolute atomic E-state index is 12.7. The van der Waals surface area contributed by atoms with E-state index in [2.05, 4.69) is 9.88 Å². The molecule has 2 aromatic heterocycles. The van der Waals surface area contributed by atoms with Crippen LogP contribution in [-0.4, -0.2) is 20.7 Å². The number of rotatable bonds is 5. The summed E-state index contributed by atoms with van der Waals surface area (Å²) in [6, 6.07) is 7.95. The summed E-state index contributed by atoms with van der Waals surface area (Å²) >= 11 is 7.26. The zero-order valence-corrected chi connectivity index (χ0v) is 15.1. The number of nitrogens with zero attached hydrogens (tertiary/aromatic N) is 1. The number of halogens is 1. The molecule has 0 atom stereocenters. The number of ether oxygens (including phenoxy) is 1. The van der Waals surface area contributed by atoms with Gasteiger partial charge in [0, 0.05) is 16.0 Å². The Kier molecular flexibility index (Phi) is 4.53. The molecular weight excluding hydrogens is 372 g/mol. The largest absolute Gasteiger partial charge is 0.495 e. The molecule has 1 aromatic carbocycles. The van der Waals surface area contributed by atoms with Crippen molar-refractivity contribution in [2.45, 2.75) is 11.8 Å². The molecule has 0 amide bonds. The van der Waals surface area contributed by atoms with Crippen LogP contribution in [0, 0.1) is 6.92 Å². The molecule has 9 heteroatoms. The Hall–Kier alpha value is -2.03. The van der Waals surface area contributed by atoms with E-state index in [0.29, 0.717) is 26.3 Å². The van der Waals surface area contributed by atoms with Crippen molar-refractivity contribution in [2.24, 2.45) is 0 Å². The highest BCUT2D eigenvalue weighted by atomic mass is 35.5. The van der Waals surface area contributed by atoms with Crippen LogP contribution in [0.1, 0.15) is 4.88 Å². The van der Waals surface area contributed by atoms with Crippen molar-refractivity contribution in [3.8, 4) is 16.4 Å². The van der Waals surface area contributed by atoms with Gasteiger partial charge in [0.05, 0.1) is 23.9 Å². The predicted octanol–water partition coefficient (Wildman–Crippen LogP) is 4.17. The minimum atomic E-state index is -3.80. The van der Waals surface area contributed by atoms with Crippen LogP contribution >= 0.6 is 22.9 Å². The third-order valence-electron chi connectivity index (χ3n) is 3.25. The smallest absolute Gasteiger partial charge is 0.263 e. The number of sulfonamides is 1. The Balaban J connectivity index is 1.99. The minimum Gasteiger partial charge on any atom is -0.495 e. The van der Waals surface area contributed by atoms with Crippen molar-refractivity contribution >= 4 is 38.6 Å². The standard InChI is InChI=1S/C15H13ClN2O4S2/c1-9-15(8-14(23-9)13-5-6-17-22-13)24(19,20)18-11-7-10(16)3-4-12(11)21-2/h3-8,18H,1-2H3. The SMILES string of the molecule is COc1ccc(Cl)cc1NS(=O)(=O)c1cc(-c2ccno2)sc1C. The van der Waals surface area contributed by atoms with E-state index in [1.807, 2.05) is 0 Å². The first-order valence-corrected chi connectivity index (χ1v) is 9.46. The number of aromatic nitrogens is 1. The Labute approximate surface area is 148 Å². The maximum atomic E-state index is 12.7. The molecule has 24 heavy (non-hydrogen) atoms. The van der Waals surface area contributed by atoms with E-state index in [1.165, 1.54) is 30.7 Å². The third kappa shape index (κ3) is 3.26. The van der Waals surface area contributed by atoms with Crippen molar-refractivity contribution in [1.82, 2.24) is 5.16 Å². The van der Waals surface area contributed by atoms with Crippen LogP contribution in [0.4, 0.5) is 5.69 Å². The number of methoxy groups -OCH3 is 1. The lowest BCUT2D eigenvalue weighted by molar-refractivity contribution is 0.417. The molecule has 126 valence electrons. The highest BCUT2D eigenvalue weighted by molar-refractivity contribution is 7.93. The van der Waals surface area contributed by atoms with E-state index >= 15 is 0 Å². The number of aryl methyl sites for hydroxylation is 1. The summed E-state index contributed by atoms with van der Waals surface area (Å²) in [4.78, 5) is 1.49. The predicted molar refractivity (Wildman–Crippen MR) is 93.4 cm³/mol. The van der Waals surface area contributed by atoms with Gasteiger partial charge in [-0.2, -0.15) is 0 Å². The molecule has 0 aliphatic rings. The van der Waals surface area contributed by atoms with Crippen molar-refractivity contribution in [2.75, 3.05) is 11.8 Å². The monoisotopic (exact) mass is 384 g/mol. The molecule has 3 aromatic rings. The van der Waals surface area contributed by atoms with E-state index in [-0.39, 0.29) is 10.6 Å². The fourth-order valence-corrected chi connectivity index (χ4v) is 4.94. The van der Waals surface area contributed by atoms with Gasteiger partial charge in [0.25, 0.3) is 10.0 Å². The zero-order chi connectivity index (χ0) is 17.3. The fourth-order valence-electron chi connectivity index (χ4n) is 2.16. The van der Waals surface area contributed by atoms with Gasteiger partial charge in [-0.15, -0.1) is 11.3 Å². The second-order valence-electron chi connectivity index (χ2n) is 4.86. The number of anilines is 1. The topological polar surface area (TPSA) is 81.4 Å². The van der Waals surface area contributed by atoms with Crippen molar-refractivity contribution in [3.63, 3.8) is 0 Å². The van der Waals surface area contributed by atoms with Gasteiger partial charge >= 0.3 is 0 Å². The summed E-state index contributed by atoms with van der Waals surface area (Å²) < 4.78 is 38.2. The normalized spacial score (nSPS) is 11.5. The van der Waals surface area contributed by atoms with Crippen LogP contribution in [0.25, 0.3) is 10.6 Å². The molecule has 0 aliphatic heterocycles. The highest BCUT2D eigenvalue weighted by Crippen LogP contribution is 2.35. The molecule has 0 bridgehead atoms. The van der Waals surface area contributed by atoms with Gasteiger partial charge in [-0.3, -0.25) is 4.72 Å². The van der Waals surface area contributed by atoms with Crippen LogP contribution < -0.4 is 9.46 Å². The quantitative estimate of drug-likeness (QED) is 0.713. The highest BCUT2D eigenvalue weighted by Gasteiger charge is 2.23. The van der Waals surface area contributed by atoms with Crippen LogP contribution in [0.2, 0.25) is 5.02 Å². The van der Waals surface area contributed by atoms with Crippen LogP contribution in [0.5, 0.6) is 5.75 Å². The number of thiophene rings is 1. The number of nitrogens with one attached hydrogen (secondary N) is 1. The number of hydrogen-bond acceptors (Lipinski definition) is 6. The molecule has 0 radical (unpaired) electrons. The van der Waals surface area contributed by atoms with E-state index in [4.69, 9.17) is 20.9 Å². The average molecular weight is 385 g/mol. The summed E-state index contributed by atoms with van der Waals surface area (Å²) in [5.41, 5.74) is 0.275. The van der Waals surface area contributed by atoms with Crippen molar-refractivity contribution < 1.29 is 17.7 Å². The van der Waals surface area contributed by atoms with Gasteiger partial charge in [-0.05, 0) is 31.2 Å². The Morgan fingerprint density at radius 2 is 2.08 bits per heavy atom. The van der Waals surface area contributed by atoms with E-state index in [0.717, 1.165) is 0 Å². The molecule has 3 rings (SSSR count). The molecule has 2 heterocycles. The number of hydrogen-bond donors (Lipinski definition) is 1. The lowest BCUT2D eigenvalue weighted by Gasteiger charge is -2.12. The Morgan fingerprint density at radius 3 is 2.75 bits per heavy atom. The molecule has 0 aliphatic carbocycles. The minimum absolute atomic E-state index is 0.168. The van der Waals surface area contributed by atoms with E-state index < -0.39 is 10.0 Å². The van der Waals surface area contributed by atoms with Crippen molar-refractivity contribution in [3.05, 3.63) is 46.4 Å². The lowest BCUT2D eigenvalue weighted by Crippen LogP contribution is -2.13. The van der Waals surface area contributed by atoms with Crippen LogP contribution in [0.15, 0.2) is 45.9 Å². The molecule has 6 nitrogen and oxygen atoms in total. The fraction of sp³-hybridized carbons (Fsp3) is 0.133.